The van der Waals surface area contributed by atoms with E-state index in [0.29, 0.717) is 17.2 Å². The number of aromatic nitrogens is 1. The molecule has 0 atom stereocenters. The minimum Gasteiger partial charge on any atom is -0.222 e. The van der Waals surface area contributed by atoms with Gasteiger partial charge >= 0.3 is 0 Å². The monoisotopic (exact) mass is 242 g/mol. The Morgan fingerprint density at radius 1 is 1.35 bits per heavy atom. The van der Waals surface area contributed by atoms with Crippen LogP contribution in [0.5, 0.6) is 0 Å². The standard InChI is InChI=1S/C12H10N4S/c1-9-8-17-12(15-9)16-14-7-11-4-2-10(6-13)3-5-11/h2-5,8H,7H2,1H3. The molecule has 0 aliphatic heterocycles. The number of azo groups is 1. The first kappa shape index (κ1) is 11.4. The maximum Gasteiger partial charge on any atom is 0.229 e. The van der Waals surface area contributed by atoms with Gasteiger partial charge in [-0.1, -0.05) is 12.1 Å². The van der Waals surface area contributed by atoms with Gasteiger partial charge in [-0.2, -0.15) is 10.4 Å². The topological polar surface area (TPSA) is 61.4 Å². The van der Waals surface area contributed by atoms with Crippen LogP contribution in [0.25, 0.3) is 0 Å². The van der Waals surface area contributed by atoms with E-state index in [1.165, 1.54) is 11.3 Å². The Labute approximate surface area is 103 Å². The SMILES string of the molecule is Cc1csc(N=NCc2ccc(C#N)cc2)n1. The largest absolute Gasteiger partial charge is 0.229 e. The molecule has 1 aromatic heterocycles. The number of nitrogens with zero attached hydrogens (tertiary/aromatic N) is 4. The molecule has 5 heteroatoms. The van der Waals surface area contributed by atoms with Gasteiger partial charge in [-0.05, 0) is 24.6 Å². The summed E-state index contributed by atoms with van der Waals surface area (Å²) in [4.78, 5) is 4.18. The summed E-state index contributed by atoms with van der Waals surface area (Å²) < 4.78 is 0. The van der Waals surface area contributed by atoms with E-state index in [4.69, 9.17) is 5.26 Å². The lowest BCUT2D eigenvalue weighted by atomic mass is 10.1. The molecule has 1 aromatic carbocycles. The quantitative estimate of drug-likeness (QED) is 0.772. The van der Waals surface area contributed by atoms with Gasteiger partial charge in [-0.15, -0.1) is 16.5 Å². The summed E-state index contributed by atoms with van der Waals surface area (Å²) in [5.74, 6) is 0. The number of nitriles is 1. The molecule has 0 bridgehead atoms. The highest BCUT2D eigenvalue weighted by atomic mass is 32.1. The van der Waals surface area contributed by atoms with Crippen molar-refractivity contribution in [1.82, 2.24) is 4.98 Å². The van der Waals surface area contributed by atoms with E-state index in [9.17, 15) is 0 Å². The van der Waals surface area contributed by atoms with Crippen molar-refractivity contribution in [2.75, 3.05) is 0 Å². The lowest BCUT2D eigenvalue weighted by Crippen LogP contribution is -1.80. The van der Waals surface area contributed by atoms with Crippen molar-refractivity contribution in [2.45, 2.75) is 13.5 Å². The summed E-state index contributed by atoms with van der Waals surface area (Å²) in [6, 6.07) is 9.39. The Bertz CT molecular complexity index is 563. The van der Waals surface area contributed by atoms with Gasteiger partial charge < -0.3 is 0 Å². The second-order valence-electron chi connectivity index (χ2n) is 3.48. The zero-order chi connectivity index (χ0) is 12.1. The molecule has 0 radical (unpaired) electrons. The predicted octanol–water partition coefficient (Wildman–Crippen LogP) is 3.61. The van der Waals surface area contributed by atoms with Crippen LogP contribution in [0.15, 0.2) is 39.9 Å². The minimum atomic E-state index is 0.504. The van der Waals surface area contributed by atoms with E-state index >= 15 is 0 Å². The summed E-state index contributed by atoms with van der Waals surface area (Å²) in [6.07, 6.45) is 0. The van der Waals surface area contributed by atoms with Crippen molar-refractivity contribution in [3.05, 3.63) is 46.5 Å². The first-order chi connectivity index (χ1) is 8.28. The Morgan fingerprint density at radius 2 is 2.12 bits per heavy atom. The fourth-order valence-electron chi connectivity index (χ4n) is 1.25. The predicted molar refractivity (Wildman–Crippen MR) is 66.2 cm³/mol. The van der Waals surface area contributed by atoms with E-state index in [-0.39, 0.29) is 0 Å². The van der Waals surface area contributed by atoms with E-state index in [2.05, 4.69) is 21.3 Å². The molecule has 1 heterocycles. The van der Waals surface area contributed by atoms with Crippen LogP contribution >= 0.6 is 11.3 Å². The maximum atomic E-state index is 8.66. The fraction of sp³-hybridized carbons (Fsp3) is 0.167. The van der Waals surface area contributed by atoms with Gasteiger partial charge in [0.05, 0.1) is 23.9 Å². The van der Waals surface area contributed by atoms with Crippen LogP contribution < -0.4 is 0 Å². The van der Waals surface area contributed by atoms with Crippen molar-refractivity contribution in [3.63, 3.8) is 0 Å². The molecular formula is C12H10N4S. The smallest absolute Gasteiger partial charge is 0.222 e. The highest BCUT2D eigenvalue weighted by molar-refractivity contribution is 7.13. The summed E-state index contributed by atoms with van der Waals surface area (Å²) in [6.45, 7) is 2.43. The Morgan fingerprint density at radius 3 is 2.71 bits per heavy atom. The van der Waals surface area contributed by atoms with Crippen molar-refractivity contribution in [1.29, 1.82) is 5.26 Å². The van der Waals surface area contributed by atoms with Gasteiger partial charge in [0.25, 0.3) is 0 Å². The number of hydrogen-bond donors (Lipinski definition) is 0. The third-order valence-electron chi connectivity index (χ3n) is 2.10. The van der Waals surface area contributed by atoms with Crippen LogP contribution in [-0.2, 0) is 6.54 Å². The third-order valence-corrected chi connectivity index (χ3v) is 2.94. The van der Waals surface area contributed by atoms with Gasteiger partial charge in [0.1, 0.15) is 0 Å². The van der Waals surface area contributed by atoms with Crippen molar-refractivity contribution >= 4 is 16.5 Å². The molecular weight excluding hydrogens is 232 g/mol. The van der Waals surface area contributed by atoms with E-state index < -0.39 is 0 Å². The number of benzene rings is 1. The number of rotatable bonds is 3. The number of hydrogen-bond acceptors (Lipinski definition) is 5. The average Bonchev–Trinajstić information content (AvgIpc) is 2.76. The van der Waals surface area contributed by atoms with E-state index in [1.807, 2.05) is 24.4 Å². The van der Waals surface area contributed by atoms with Crippen LogP contribution in [-0.4, -0.2) is 4.98 Å². The maximum absolute atomic E-state index is 8.66. The molecule has 84 valence electrons. The second-order valence-corrected chi connectivity index (χ2v) is 4.32. The summed E-state index contributed by atoms with van der Waals surface area (Å²) in [5.41, 5.74) is 2.64. The average molecular weight is 242 g/mol. The van der Waals surface area contributed by atoms with Crippen LogP contribution in [0.3, 0.4) is 0 Å². The van der Waals surface area contributed by atoms with Crippen LogP contribution in [0.1, 0.15) is 16.8 Å². The molecule has 0 aliphatic rings. The van der Waals surface area contributed by atoms with Gasteiger partial charge in [0.15, 0.2) is 0 Å². The zero-order valence-electron chi connectivity index (χ0n) is 9.29. The van der Waals surface area contributed by atoms with Gasteiger partial charge in [0, 0.05) is 5.38 Å². The van der Waals surface area contributed by atoms with E-state index in [0.717, 1.165) is 11.3 Å². The number of aryl methyl sites for hydroxylation is 1. The first-order valence-electron chi connectivity index (χ1n) is 5.06. The summed E-state index contributed by atoms with van der Waals surface area (Å²) in [7, 11) is 0. The molecule has 0 aliphatic carbocycles. The molecule has 0 spiro atoms. The zero-order valence-corrected chi connectivity index (χ0v) is 10.1. The van der Waals surface area contributed by atoms with E-state index in [1.54, 1.807) is 12.1 Å². The molecule has 0 fully saturated rings. The third kappa shape index (κ3) is 3.20. The van der Waals surface area contributed by atoms with Crippen molar-refractivity contribution in [2.24, 2.45) is 10.2 Å². The normalized spacial score (nSPS) is 10.6. The number of thiazole rings is 1. The summed E-state index contributed by atoms with van der Waals surface area (Å²) in [5, 5.41) is 19.4. The molecule has 17 heavy (non-hydrogen) atoms. The van der Waals surface area contributed by atoms with Crippen LogP contribution in [0.2, 0.25) is 0 Å². The lowest BCUT2D eigenvalue weighted by Gasteiger charge is -1.94. The Balaban J connectivity index is 1.98. The molecule has 4 nitrogen and oxygen atoms in total. The summed E-state index contributed by atoms with van der Waals surface area (Å²) >= 11 is 1.48. The second kappa shape index (κ2) is 5.32. The highest BCUT2D eigenvalue weighted by Gasteiger charge is 1.95. The molecule has 2 aromatic rings. The van der Waals surface area contributed by atoms with Crippen LogP contribution in [0.4, 0.5) is 5.13 Å². The van der Waals surface area contributed by atoms with Gasteiger partial charge in [-0.25, -0.2) is 4.98 Å². The molecule has 0 amide bonds. The fourth-order valence-corrected chi connectivity index (χ4v) is 1.88. The lowest BCUT2D eigenvalue weighted by molar-refractivity contribution is 0.953. The molecule has 2 rings (SSSR count). The molecule has 0 saturated heterocycles. The van der Waals surface area contributed by atoms with Gasteiger partial charge in [-0.3, -0.25) is 0 Å². The van der Waals surface area contributed by atoms with Crippen molar-refractivity contribution < 1.29 is 0 Å². The van der Waals surface area contributed by atoms with Crippen LogP contribution in [0, 0.1) is 18.3 Å². The first-order valence-corrected chi connectivity index (χ1v) is 5.94. The molecule has 0 N–H and O–H groups in total. The minimum absolute atomic E-state index is 0.504. The Hall–Kier alpha value is -2.06. The van der Waals surface area contributed by atoms with Gasteiger partial charge in [0.2, 0.25) is 5.13 Å². The highest BCUT2D eigenvalue weighted by Crippen LogP contribution is 2.18. The Kier molecular flexibility index (Phi) is 3.58. The van der Waals surface area contributed by atoms with Crippen molar-refractivity contribution in [3.8, 4) is 6.07 Å². The molecule has 0 saturated carbocycles. The molecule has 0 unspecified atom stereocenters.